The number of carbonyl (C=O) groups is 1. The quantitative estimate of drug-likeness (QED) is 0.421. The first kappa shape index (κ1) is 16.6. The zero-order chi connectivity index (χ0) is 15.8. The fourth-order valence-corrected chi connectivity index (χ4v) is 1.59. The minimum absolute atomic E-state index is 0.000781. The zero-order valence-electron chi connectivity index (χ0n) is 12.3. The fraction of sp³-hybridized carbons (Fsp3) is 0.583. The lowest BCUT2D eigenvalue weighted by atomic mass is 10.3. The highest BCUT2D eigenvalue weighted by atomic mass is 16.6. The van der Waals surface area contributed by atoms with Gasteiger partial charge in [0, 0.05) is 6.54 Å². The normalized spacial score (nSPS) is 10.0. The summed E-state index contributed by atoms with van der Waals surface area (Å²) in [5, 5.41) is 16.7. The van der Waals surface area contributed by atoms with Crippen molar-refractivity contribution in [3.05, 3.63) is 15.8 Å². The highest BCUT2D eigenvalue weighted by Crippen LogP contribution is 2.26. The van der Waals surface area contributed by atoms with Crippen LogP contribution in [-0.2, 0) is 9.53 Å². The molecule has 1 aromatic rings. The van der Waals surface area contributed by atoms with Gasteiger partial charge in [0.2, 0.25) is 11.8 Å². The summed E-state index contributed by atoms with van der Waals surface area (Å²) in [6, 6.07) is 0. The molecule has 0 aliphatic carbocycles. The first-order chi connectivity index (χ1) is 9.99. The smallest absolute Gasteiger partial charge is 0.332 e. The molecule has 0 aliphatic rings. The molecule has 0 saturated carbocycles. The number of esters is 1. The van der Waals surface area contributed by atoms with E-state index in [4.69, 9.17) is 4.74 Å². The third-order valence-electron chi connectivity index (χ3n) is 2.48. The van der Waals surface area contributed by atoms with Crippen molar-refractivity contribution in [2.24, 2.45) is 0 Å². The molecule has 9 heteroatoms. The molecular weight excluding hydrogens is 278 g/mol. The number of anilines is 2. The minimum atomic E-state index is -0.577. The van der Waals surface area contributed by atoms with Gasteiger partial charge in [0.25, 0.3) is 0 Å². The third kappa shape index (κ3) is 4.86. The van der Waals surface area contributed by atoms with Crippen LogP contribution in [0.5, 0.6) is 0 Å². The fourth-order valence-electron chi connectivity index (χ4n) is 1.59. The SMILES string of the molecule is CCCNc1nc(C)c([N+](=O)[O-])c(NCC(=O)OCC)n1. The van der Waals surface area contributed by atoms with Gasteiger partial charge in [-0.05, 0) is 20.3 Å². The number of aryl methyl sites for hydroxylation is 1. The second-order valence-corrected chi connectivity index (χ2v) is 4.17. The Kier molecular flexibility index (Phi) is 6.31. The van der Waals surface area contributed by atoms with Gasteiger partial charge in [-0.1, -0.05) is 6.92 Å². The molecule has 116 valence electrons. The Bertz CT molecular complexity index is 521. The molecule has 0 bridgehead atoms. The van der Waals surface area contributed by atoms with Crippen LogP contribution >= 0.6 is 0 Å². The van der Waals surface area contributed by atoms with E-state index in [-0.39, 0.29) is 36.3 Å². The number of nitro groups is 1. The van der Waals surface area contributed by atoms with Crippen LogP contribution in [-0.4, -0.2) is 40.6 Å². The topological polar surface area (TPSA) is 119 Å². The summed E-state index contributed by atoms with van der Waals surface area (Å²) in [7, 11) is 0. The van der Waals surface area contributed by atoms with Crippen LogP contribution in [0.1, 0.15) is 26.0 Å². The van der Waals surface area contributed by atoms with E-state index in [0.717, 1.165) is 6.42 Å². The number of nitrogens with one attached hydrogen (secondary N) is 2. The number of nitrogens with zero attached hydrogens (tertiary/aromatic N) is 3. The predicted octanol–water partition coefficient (Wildman–Crippen LogP) is 1.49. The maximum absolute atomic E-state index is 11.3. The van der Waals surface area contributed by atoms with Gasteiger partial charge in [0.05, 0.1) is 11.5 Å². The van der Waals surface area contributed by atoms with Crippen molar-refractivity contribution >= 4 is 23.4 Å². The van der Waals surface area contributed by atoms with Crippen LogP contribution in [0.2, 0.25) is 0 Å². The van der Waals surface area contributed by atoms with Crippen LogP contribution in [0.25, 0.3) is 0 Å². The summed E-state index contributed by atoms with van der Waals surface area (Å²) in [5.41, 5.74) is -0.0266. The van der Waals surface area contributed by atoms with Crippen LogP contribution in [0.4, 0.5) is 17.5 Å². The molecule has 0 amide bonds. The minimum Gasteiger partial charge on any atom is -0.465 e. The standard InChI is InChI=1S/C12H19N5O4/c1-4-6-13-12-15-8(3)10(17(19)20)11(16-12)14-7-9(18)21-5-2/h4-7H2,1-3H3,(H2,13,14,15,16). The van der Waals surface area contributed by atoms with Crippen LogP contribution in [0, 0.1) is 17.0 Å². The number of rotatable bonds is 8. The predicted molar refractivity (Wildman–Crippen MR) is 77.3 cm³/mol. The molecule has 0 atom stereocenters. The number of ether oxygens (including phenoxy) is 1. The molecule has 21 heavy (non-hydrogen) atoms. The molecule has 9 nitrogen and oxygen atoms in total. The molecule has 1 heterocycles. The Balaban J connectivity index is 2.98. The van der Waals surface area contributed by atoms with E-state index in [1.54, 1.807) is 6.92 Å². The third-order valence-corrected chi connectivity index (χ3v) is 2.48. The monoisotopic (exact) mass is 297 g/mol. The van der Waals surface area contributed by atoms with Crippen molar-refractivity contribution in [3.8, 4) is 0 Å². The van der Waals surface area contributed by atoms with Gasteiger partial charge in [-0.15, -0.1) is 0 Å². The number of hydrogen-bond acceptors (Lipinski definition) is 8. The van der Waals surface area contributed by atoms with E-state index < -0.39 is 10.9 Å². The van der Waals surface area contributed by atoms with Crippen molar-refractivity contribution in [1.29, 1.82) is 0 Å². The van der Waals surface area contributed by atoms with Gasteiger partial charge in [0.15, 0.2) is 0 Å². The number of carbonyl (C=O) groups excluding carboxylic acids is 1. The summed E-state index contributed by atoms with van der Waals surface area (Å²) in [6.07, 6.45) is 0.866. The molecule has 0 radical (unpaired) electrons. The van der Waals surface area contributed by atoms with E-state index in [1.807, 2.05) is 6.92 Å². The summed E-state index contributed by atoms with van der Waals surface area (Å²) < 4.78 is 4.76. The van der Waals surface area contributed by atoms with Crippen molar-refractivity contribution < 1.29 is 14.5 Å². The summed E-state index contributed by atoms with van der Waals surface area (Å²) >= 11 is 0. The highest BCUT2D eigenvalue weighted by Gasteiger charge is 2.22. The Hall–Kier alpha value is -2.45. The zero-order valence-corrected chi connectivity index (χ0v) is 12.3. The Morgan fingerprint density at radius 1 is 1.33 bits per heavy atom. The lowest BCUT2D eigenvalue weighted by Crippen LogP contribution is -2.19. The molecule has 0 aliphatic heterocycles. The summed E-state index contributed by atoms with van der Waals surface area (Å²) in [4.78, 5) is 29.9. The molecule has 0 aromatic carbocycles. The van der Waals surface area contributed by atoms with E-state index in [2.05, 4.69) is 20.6 Å². The number of hydrogen-bond donors (Lipinski definition) is 2. The molecule has 0 unspecified atom stereocenters. The van der Waals surface area contributed by atoms with Crippen molar-refractivity contribution in [2.75, 3.05) is 30.3 Å². The van der Waals surface area contributed by atoms with E-state index >= 15 is 0 Å². The first-order valence-electron chi connectivity index (χ1n) is 6.65. The lowest BCUT2D eigenvalue weighted by molar-refractivity contribution is -0.385. The summed E-state index contributed by atoms with van der Waals surface area (Å²) in [6.45, 7) is 5.88. The first-order valence-corrected chi connectivity index (χ1v) is 6.65. The highest BCUT2D eigenvalue weighted by molar-refractivity contribution is 5.76. The van der Waals surface area contributed by atoms with Gasteiger partial charge in [-0.25, -0.2) is 4.98 Å². The van der Waals surface area contributed by atoms with E-state index in [1.165, 1.54) is 6.92 Å². The molecule has 2 N–H and O–H groups in total. The maximum Gasteiger partial charge on any atom is 0.332 e. The van der Waals surface area contributed by atoms with E-state index in [0.29, 0.717) is 6.54 Å². The average Bonchev–Trinajstić information content (AvgIpc) is 2.42. The molecule has 0 fully saturated rings. The van der Waals surface area contributed by atoms with Gasteiger partial charge < -0.3 is 15.4 Å². The Morgan fingerprint density at radius 3 is 2.62 bits per heavy atom. The van der Waals surface area contributed by atoms with Gasteiger partial charge in [-0.3, -0.25) is 14.9 Å². The average molecular weight is 297 g/mol. The summed E-state index contributed by atoms with van der Waals surface area (Å²) in [5.74, 6) is -0.225. The van der Waals surface area contributed by atoms with Gasteiger partial charge in [-0.2, -0.15) is 4.98 Å². The van der Waals surface area contributed by atoms with Gasteiger partial charge in [0.1, 0.15) is 12.2 Å². The van der Waals surface area contributed by atoms with Crippen LogP contribution < -0.4 is 10.6 Å². The Labute approximate surface area is 122 Å². The molecule has 0 spiro atoms. The van der Waals surface area contributed by atoms with Crippen LogP contribution in [0.15, 0.2) is 0 Å². The van der Waals surface area contributed by atoms with Crippen LogP contribution in [0.3, 0.4) is 0 Å². The molecular formula is C12H19N5O4. The second-order valence-electron chi connectivity index (χ2n) is 4.17. The number of aromatic nitrogens is 2. The molecule has 1 aromatic heterocycles. The largest absolute Gasteiger partial charge is 0.465 e. The van der Waals surface area contributed by atoms with Crippen molar-refractivity contribution in [2.45, 2.75) is 27.2 Å². The Morgan fingerprint density at radius 2 is 2.05 bits per heavy atom. The maximum atomic E-state index is 11.3. The van der Waals surface area contributed by atoms with Crippen molar-refractivity contribution in [1.82, 2.24) is 9.97 Å². The van der Waals surface area contributed by atoms with E-state index in [9.17, 15) is 14.9 Å². The molecule has 0 saturated heterocycles. The van der Waals surface area contributed by atoms with Gasteiger partial charge >= 0.3 is 11.7 Å². The second kappa shape index (κ2) is 7.98. The lowest BCUT2D eigenvalue weighted by Gasteiger charge is -2.10. The van der Waals surface area contributed by atoms with Crippen molar-refractivity contribution in [3.63, 3.8) is 0 Å². The molecule has 1 rings (SSSR count).